The summed E-state index contributed by atoms with van der Waals surface area (Å²) in [6, 6.07) is 8.19. The maximum absolute atomic E-state index is 12.3. The lowest BCUT2D eigenvalue weighted by molar-refractivity contribution is -0.125. The normalized spacial score (nSPS) is 23.1. The van der Waals surface area contributed by atoms with Gasteiger partial charge in [0.15, 0.2) is 0 Å². The lowest BCUT2D eigenvalue weighted by atomic mass is 10.0. The van der Waals surface area contributed by atoms with E-state index in [-0.39, 0.29) is 18.1 Å². The van der Waals surface area contributed by atoms with Crippen LogP contribution >= 0.6 is 11.6 Å². The number of carbonyl (C=O) groups is 1. The van der Waals surface area contributed by atoms with E-state index >= 15 is 0 Å². The Hall–Kier alpha value is -1.10. The zero-order valence-corrected chi connectivity index (χ0v) is 14.9. The van der Waals surface area contributed by atoms with Crippen molar-refractivity contribution in [1.82, 2.24) is 10.2 Å². The van der Waals surface area contributed by atoms with Gasteiger partial charge in [0.25, 0.3) is 0 Å². The number of amides is 1. The van der Waals surface area contributed by atoms with Crippen LogP contribution in [0.1, 0.15) is 50.1 Å². The van der Waals surface area contributed by atoms with Crippen molar-refractivity contribution in [3.8, 4) is 0 Å². The molecule has 0 radical (unpaired) electrons. The fraction of sp³-hybridized carbons (Fsp3) is 0.632. The molecule has 0 aromatic heterocycles. The average molecular weight is 351 g/mol. The molecule has 2 saturated heterocycles. The van der Waals surface area contributed by atoms with Crippen LogP contribution in [-0.4, -0.2) is 43.2 Å². The van der Waals surface area contributed by atoms with Crippen molar-refractivity contribution in [2.24, 2.45) is 0 Å². The molecule has 2 fully saturated rings. The maximum Gasteiger partial charge on any atom is 0.222 e. The molecule has 24 heavy (non-hydrogen) atoms. The average Bonchev–Trinajstić information content (AvgIpc) is 3.10. The number of hydrogen-bond donors (Lipinski definition) is 1. The van der Waals surface area contributed by atoms with Crippen LogP contribution in [0.25, 0.3) is 0 Å². The van der Waals surface area contributed by atoms with E-state index in [2.05, 4.69) is 16.3 Å². The van der Waals surface area contributed by atoms with Crippen LogP contribution in [0, 0.1) is 0 Å². The molecule has 132 valence electrons. The van der Waals surface area contributed by atoms with Gasteiger partial charge in [-0.15, -0.1) is 0 Å². The van der Waals surface area contributed by atoms with E-state index in [1.165, 1.54) is 18.4 Å². The minimum Gasteiger partial charge on any atom is -0.378 e. The lowest BCUT2D eigenvalue weighted by Crippen LogP contribution is -2.38. The van der Waals surface area contributed by atoms with Gasteiger partial charge in [0.1, 0.15) is 0 Å². The largest absolute Gasteiger partial charge is 0.378 e. The third kappa shape index (κ3) is 4.95. The number of ether oxygens (including phenoxy) is 1. The van der Waals surface area contributed by atoms with Crippen LogP contribution < -0.4 is 5.32 Å². The van der Waals surface area contributed by atoms with Gasteiger partial charge < -0.3 is 10.1 Å². The molecule has 2 aliphatic heterocycles. The Bertz CT molecular complexity index is 540. The zero-order chi connectivity index (χ0) is 16.8. The number of likely N-dealkylation sites (tertiary alicyclic amines) is 1. The lowest BCUT2D eigenvalue weighted by Gasteiger charge is -2.29. The molecule has 1 N–H and O–H groups in total. The highest BCUT2D eigenvalue weighted by molar-refractivity contribution is 6.30. The van der Waals surface area contributed by atoms with Gasteiger partial charge in [0, 0.05) is 18.2 Å². The van der Waals surface area contributed by atoms with Crippen molar-refractivity contribution in [3.05, 3.63) is 34.9 Å². The Morgan fingerprint density at radius 2 is 2.12 bits per heavy atom. The van der Waals surface area contributed by atoms with Gasteiger partial charge in [-0.25, -0.2) is 0 Å². The van der Waals surface area contributed by atoms with Gasteiger partial charge in [-0.2, -0.15) is 0 Å². The van der Waals surface area contributed by atoms with E-state index in [1.54, 1.807) is 0 Å². The third-order valence-corrected chi connectivity index (χ3v) is 5.23. The topological polar surface area (TPSA) is 41.6 Å². The van der Waals surface area contributed by atoms with Gasteiger partial charge in [-0.1, -0.05) is 23.7 Å². The van der Waals surface area contributed by atoms with Crippen molar-refractivity contribution in [2.45, 2.75) is 50.7 Å². The summed E-state index contributed by atoms with van der Waals surface area (Å²) in [5, 5.41) is 3.87. The fourth-order valence-corrected chi connectivity index (χ4v) is 3.88. The predicted octanol–water partition coefficient (Wildman–Crippen LogP) is 3.55. The molecule has 2 atom stereocenters. The summed E-state index contributed by atoms with van der Waals surface area (Å²) in [4.78, 5) is 14.7. The first-order valence-corrected chi connectivity index (χ1v) is 9.48. The van der Waals surface area contributed by atoms with Gasteiger partial charge in [-0.05, 0) is 62.9 Å². The Kier molecular flexibility index (Phi) is 6.52. The third-order valence-electron chi connectivity index (χ3n) is 4.99. The van der Waals surface area contributed by atoms with E-state index in [0.29, 0.717) is 13.0 Å². The van der Waals surface area contributed by atoms with Crippen molar-refractivity contribution in [3.63, 3.8) is 0 Å². The number of hydrogen-bond acceptors (Lipinski definition) is 3. The number of rotatable bonds is 6. The summed E-state index contributed by atoms with van der Waals surface area (Å²) >= 11 is 6.16. The van der Waals surface area contributed by atoms with Crippen molar-refractivity contribution in [1.29, 1.82) is 0 Å². The highest BCUT2D eigenvalue weighted by Gasteiger charge is 2.25. The van der Waals surface area contributed by atoms with Gasteiger partial charge in [-0.3, -0.25) is 9.69 Å². The Morgan fingerprint density at radius 1 is 1.29 bits per heavy atom. The van der Waals surface area contributed by atoms with Crippen LogP contribution in [-0.2, 0) is 9.53 Å². The molecule has 0 bridgehead atoms. The monoisotopic (exact) mass is 350 g/mol. The molecule has 2 unspecified atom stereocenters. The van der Waals surface area contributed by atoms with E-state index in [9.17, 15) is 4.79 Å². The molecule has 1 aromatic carbocycles. The first kappa shape index (κ1) is 17.7. The quantitative estimate of drug-likeness (QED) is 0.853. The molecule has 0 aliphatic carbocycles. The second kappa shape index (κ2) is 8.84. The van der Waals surface area contributed by atoms with E-state index < -0.39 is 0 Å². The number of halogens is 1. The first-order valence-electron chi connectivity index (χ1n) is 9.10. The fourth-order valence-electron chi connectivity index (χ4n) is 3.68. The molecule has 1 amide bonds. The molecule has 2 heterocycles. The van der Waals surface area contributed by atoms with Crippen LogP contribution in [0.4, 0.5) is 0 Å². The SMILES string of the molecule is O=C(CC1CCCCO1)NCC(c1cccc(Cl)c1)N1CCCC1. The second-order valence-electron chi connectivity index (χ2n) is 6.81. The minimum atomic E-state index is 0.0909. The number of benzene rings is 1. The molecule has 1 aromatic rings. The second-order valence-corrected chi connectivity index (χ2v) is 7.25. The number of carbonyl (C=O) groups excluding carboxylic acids is 1. The Morgan fingerprint density at radius 3 is 2.83 bits per heavy atom. The molecule has 3 rings (SSSR count). The summed E-state index contributed by atoms with van der Waals surface area (Å²) in [5.74, 6) is 0.0909. The number of nitrogens with zero attached hydrogens (tertiary/aromatic N) is 1. The minimum absolute atomic E-state index is 0.0909. The van der Waals surface area contributed by atoms with Crippen LogP contribution in [0.3, 0.4) is 0 Å². The molecule has 0 saturated carbocycles. The zero-order valence-electron chi connectivity index (χ0n) is 14.2. The van der Waals surface area contributed by atoms with Crippen LogP contribution in [0.15, 0.2) is 24.3 Å². The number of nitrogens with one attached hydrogen (secondary N) is 1. The highest BCUT2D eigenvalue weighted by Crippen LogP contribution is 2.26. The summed E-state index contributed by atoms with van der Waals surface area (Å²) in [7, 11) is 0. The van der Waals surface area contributed by atoms with Gasteiger partial charge >= 0.3 is 0 Å². The summed E-state index contributed by atoms with van der Waals surface area (Å²) < 4.78 is 5.67. The summed E-state index contributed by atoms with van der Waals surface area (Å²) in [6.45, 7) is 3.58. The first-order chi connectivity index (χ1) is 11.7. The van der Waals surface area contributed by atoms with Crippen molar-refractivity contribution in [2.75, 3.05) is 26.2 Å². The molecule has 0 spiro atoms. The van der Waals surface area contributed by atoms with Crippen molar-refractivity contribution >= 4 is 17.5 Å². The molecule has 5 heteroatoms. The highest BCUT2D eigenvalue weighted by atomic mass is 35.5. The Balaban J connectivity index is 1.58. The predicted molar refractivity (Wildman–Crippen MR) is 96.2 cm³/mol. The van der Waals surface area contributed by atoms with Crippen LogP contribution in [0.5, 0.6) is 0 Å². The van der Waals surface area contributed by atoms with E-state index in [0.717, 1.165) is 44.0 Å². The van der Waals surface area contributed by atoms with E-state index in [4.69, 9.17) is 16.3 Å². The molecular weight excluding hydrogens is 324 g/mol. The Labute approximate surface area is 149 Å². The van der Waals surface area contributed by atoms with Crippen LogP contribution in [0.2, 0.25) is 5.02 Å². The van der Waals surface area contributed by atoms with Gasteiger partial charge in [0.2, 0.25) is 5.91 Å². The van der Waals surface area contributed by atoms with Crippen molar-refractivity contribution < 1.29 is 9.53 Å². The smallest absolute Gasteiger partial charge is 0.222 e. The summed E-state index contributed by atoms with van der Waals surface area (Å²) in [6.07, 6.45) is 6.29. The maximum atomic E-state index is 12.3. The van der Waals surface area contributed by atoms with Gasteiger partial charge in [0.05, 0.1) is 18.6 Å². The van der Waals surface area contributed by atoms with E-state index in [1.807, 2.05) is 18.2 Å². The molecular formula is C19H27ClN2O2. The standard InChI is InChI=1S/C19H27ClN2O2/c20-16-7-5-6-15(12-16)18(22-9-2-3-10-22)14-21-19(23)13-17-8-1-4-11-24-17/h5-7,12,17-18H,1-4,8-11,13-14H2,(H,21,23). The molecule has 4 nitrogen and oxygen atoms in total. The molecule has 2 aliphatic rings. The summed E-state index contributed by atoms with van der Waals surface area (Å²) in [5.41, 5.74) is 1.18.